The van der Waals surface area contributed by atoms with Gasteiger partial charge in [-0.2, -0.15) is 0 Å². The molecule has 3 N–H and O–H groups in total. The van der Waals surface area contributed by atoms with Crippen molar-refractivity contribution in [2.75, 3.05) is 0 Å². The molecule has 0 spiro atoms. The highest BCUT2D eigenvalue weighted by Crippen LogP contribution is 2.30. The number of ether oxygens (including phenoxy) is 1. The monoisotopic (exact) mass is 352 g/mol. The number of benzene rings is 1. The number of furan rings is 1. The number of halogens is 1. The first-order valence-electron chi connectivity index (χ1n) is 6.52. The van der Waals surface area contributed by atoms with Crippen LogP contribution in [0.5, 0.6) is 5.75 Å². The van der Waals surface area contributed by atoms with Crippen LogP contribution in [0.1, 0.15) is 41.4 Å². The van der Waals surface area contributed by atoms with E-state index >= 15 is 0 Å². The summed E-state index contributed by atoms with van der Waals surface area (Å²) in [6.07, 6.45) is 1.35. The zero-order valence-corrected chi connectivity index (χ0v) is 13.4. The highest BCUT2D eigenvalue weighted by Gasteiger charge is 2.12. The van der Waals surface area contributed by atoms with Gasteiger partial charge in [0.15, 0.2) is 0 Å². The molecular weight excluding hydrogens is 336 g/mol. The van der Waals surface area contributed by atoms with Crippen molar-refractivity contribution < 1.29 is 13.9 Å². The van der Waals surface area contributed by atoms with Crippen LogP contribution in [-0.2, 0) is 6.61 Å². The summed E-state index contributed by atoms with van der Waals surface area (Å²) in [4.78, 5) is 11.3. The maximum atomic E-state index is 11.3. The van der Waals surface area contributed by atoms with Crippen molar-refractivity contribution in [3.05, 3.63) is 51.9 Å². The molecule has 0 unspecified atom stereocenters. The van der Waals surface area contributed by atoms with Crippen molar-refractivity contribution in [3.63, 3.8) is 0 Å². The van der Waals surface area contributed by atoms with Crippen LogP contribution in [0.25, 0.3) is 0 Å². The third-order valence-corrected chi connectivity index (χ3v) is 3.50. The van der Waals surface area contributed by atoms with Gasteiger partial charge >= 0.3 is 0 Å². The molecule has 0 saturated carbocycles. The molecular formula is C15H17BrN2O3. The Kier molecular flexibility index (Phi) is 5.03. The molecule has 0 saturated heterocycles. The molecule has 1 aromatic carbocycles. The topological polar surface area (TPSA) is 77.5 Å². The number of hydrogen-bond donors (Lipinski definition) is 2. The Morgan fingerprint density at radius 1 is 1.43 bits per heavy atom. The first kappa shape index (κ1) is 15.6. The number of nitrogens with one attached hydrogen (secondary N) is 1. The summed E-state index contributed by atoms with van der Waals surface area (Å²) in [6.45, 7) is 4.45. The fourth-order valence-electron chi connectivity index (χ4n) is 1.91. The average molecular weight is 353 g/mol. The smallest absolute Gasteiger partial charge is 0.268 e. The van der Waals surface area contributed by atoms with E-state index in [9.17, 15) is 4.79 Å². The Morgan fingerprint density at radius 3 is 2.86 bits per heavy atom. The van der Waals surface area contributed by atoms with Crippen LogP contribution in [0.4, 0.5) is 0 Å². The second-order valence-corrected chi connectivity index (χ2v) is 5.82. The van der Waals surface area contributed by atoms with Crippen molar-refractivity contribution in [1.82, 2.24) is 5.43 Å². The van der Waals surface area contributed by atoms with E-state index in [2.05, 4.69) is 35.2 Å². The molecule has 6 heteroatoms. The molecule has 0 aliphatic heterocycles. The molecule has 5 nitrogen and oxygen atoms in total. The highest BCUT2D eigenvalue weighted by molar-refractivity contribution is 9.10. The summed E-state index contributed by atoms with van der Waals surface area (Å²) in [5.74, 6) is 6.38. The van der Waals surface area contributed by atoms with Gasteiger partial charge in [-0.15, -0.1) is 0 Å². The van der Waals surface area contributed by atoms with E-state index in [1.807, 2.05) is 18.2 Å². The van der Waals surface area contributed by atoms with Crippen LogP contribution in [-0.4, -0.2) is 5.91 Å². The van der Waals surface area contributed by atoms with E-state index in [1.54, 1.807) is 6.07 Å². The first-order valence-corrected chi connectivity index (χ1v) is 7.31. The average Bonchev–Trinajstić information content (AvgIpc) is 2.93. The van der Waals surface area contributed by atoms with Gasteiger partial charge in [0.25, 0.3) is 5.91 Å². The second-order valence-electron chi connectivity index (χ2n) is 4.90. The summed E-state index contributed by atoms with van der Waals surface area (Å²) in [6, 6.07) is 7.48. The minimum atomic E-state index is -0.392. The lowest BCUT2D eigenvalue weighted by Crippen LogP contribution is -2.29. The Morgan fingerprint density at radius 2 is 2.19 bits per heavy atom. The number of hydrogen-bond acceptors (Lipinski definition) is 4. The molecule has 2 rings (SSSR count). The third-order valence-electron chi connectivity index (χ3n) is 3.01. The Bertz CT molecular complexity index is 638. The zero-order valence-electron chi connectivity index (χ0n) is 11.9. The van der Waals surface area contributed by atoms with E-state index in [-0.39, 0.29) is 6.61 Å². The number of hydrazine groups is 1. The summed E-state index contributed by atoms with van der Waals surface area (Å²) in [5.41, 5.74) is 3.53. The Hall–Kier alpha value is -1.79. The normalized spacial score (nSPS) is 10.7. The molecule has 0 aliphatic rings. The minimum absolute atomic E-state index is 0.249. The molecule has 0 radical (unpaired) electrons. The van der Waals surface area contributed by atoms with Crippen LogP contribution in [0.2, 0.25) is 0 Å². The Balaban J connectivity index is 2.09. The van der Waals surface area contributed by atoms with E-state index < -0.39 is 5.91 Å². The lowest BCUT2D eigenvalue weighted by Gasteiger charge is -2.13. The molecule has 0 fully saturated rings. The van der Waals surface area contributed by atoms with E-state index in [0.29, 0.717) is 17.2 Å². The molecule has 1 amide bonds. The van der Waals surface area contributed by atoms with Crippen molar-refractivity contribution in [3.8, 4) is 5.75 Å². The molecule has 21 heavy (non-hydrogen) atoms. The van der Waals surface area contributed by atoms with Crippen molar-refractivity contribution in [1.29, 1.82) is 0 Å². The van der Waals surface area contributed by atoms with Crippen LogP contribution in [0.15, 0.2) is 39.4 Å². The van der Waals surface area contributed by atoms with Gasteiger partial charge in [-0.05, 0) is 35.7 Å². The largest absolute Gasteiger partial charge is 0.485 e. The lowest BCUT2D eigenvalue weighted by molar-refractivity contribution is 0.0953. The highest BCUT2D eigenvalue weighted by atomic mass is 79.9. The zero-order chi connectivity index (χ0) is 15.4. The van der Waals surface area contributed by atoms with Crippen LogP contribution >= 0.6 is 15.9 Å². The maximum absolute atomic E-state index is 11.3. The van der Waals surface area contributed by atoms with Gasteiger partial charge in [-0.25, -0.2) is 5.84 Å². The molecule has 2 aromatic rings. The summed E-state index contributed by atoms with van der Waals surface area (Å²) in [7, 11) is 0. The van der Waals surface area contributed by atoms with Gasteiger partial charge in [0.05, 0.1) is 5.56 Å². The van der Waals surface area contributed by atoms with Gasteiger partial charge in [0, 0.05) is 4.47 Å². The number of nitrogens with two attached hydrogens (primary N) is 1. The fourth-order valence-corrected chi connectivity index (χ4v) is 2.29. The Labute approximate surface area is 131 Å². The minimum Gasteiger partial charge on any atom is -0.485 e. The first-order chi connectivity index (χ1) is 10.0. The lowest BCUT2D eigenvalue weighted by atomic mass is 10.0. The van der Waals surface area contributed by atoms with Crippen LogP contribution in [0.3, 0.4) is 0 Å². The number of nitrogen functional groups attached to an aromatic ring is 1. The number of carbonyl (C=O) groups excluding carboxylic acids is 1. The molecule has 1 aromatic heterocycles. The van der Waals surface area contributed by atoms with Crippen molar-refractivity contribution >= 4 is 21.8 Å². The van der Waals surface area contributed by atoms with E-state index in [4.69, 9.17) is 15.0 Å². The van der Waals surface area contributed by atoms with Crippen molar-refractivity contribution in [2.45, 2.75) is 26.4 Å². The maximum Gasteiger partial charge on any atom is 0.268 e. The summed E-state index contributed by atoms with van der Waals surface area (Å²) >= 11 is 3.46. The van der Waals surface area contributed by atoms with Gasteiger partial charge in [0.1, 0.15) is 24.4 Å². The SMILES string of the molecule is CC(C)c1cc(Br)ccc1OCc1cc(C(=O)NN)co1. The van der Waals surface area contributed by atoms with Gasteiger partial charge < -0.3 is 9.15 Å². The summed E-state index contributed by atoms with van der Waals surface area (Å²) in [5, 5.41) is 0. The molecule has 1 heterocycles. The van der Waals surface area contributed by atoms with Crippen molar-refractivity contribution in [2.24, 2.45) is 5.84 Å². The molecule has 0 bridgehead atoms. The van der Waals surface area contributed by atoms with Gasteiger partial charge in [0.2, 0.25) is 0 Å². The predicted octanol–water partition coefficient (Wildman–Crippen LogP) is 3.35. The van der Waals surface area contributed by atoms with Gasteiger partial charge in [-0.3, -0.25) is 10.2 Å². The fraction of sp³-hybridized carbons (Fsp3) is 0.267. The quantitative estimate of drug-likeness (QED) is 0.491. The number of carbonyl (C=O) groups is 1. The van der Waals surface area contributed by atoms with Gasteiger partial charge in [-0.1, -0.05) is 29.8 Å². The molecule has 0 atom stereocenters. The molecule has 112 valence electrons. The number of rotatable bonds is 5. The van der Waals surface area contributed by atoms with E-state index in [1.165, 1.54) is 6.26 Å². The standard InChI is InChI=1S/C15H17BrN2O3/c1-9(2)13-6-11(16)3-4-14(13)21-8-12-5-10(7-20-12)15(19)18-17/h3-7,9H,8,17H2,1-2H3,(H,18,19). The predicted molar refractivity (Wildman–Crippen MR) is 82.9 cm³/mol. The third kappa shape index (κ3) is 3.86. The second kappa shape index (κ2) is 6.78. The molecule has 0 aliphatic carbocycles. The van der Waals surface area contributed by atoms with Crippen LogP contribution in [0, 0.1) is 0 Å². The van der Waals surface area contributed by atoms with Crippen LogP contribution < -0.4 is 16.0 Å². The van der Waals surface area contributed by atoms with E-state index in [0.717, 1.165) is 15.8 Å². The number of amides is 1. The summed E-state index contributed by atoms with van der Waals surface area (Å²) < 4.78 is 12.1.